The largest absolute Gasteiger partial charge is 0.344 e. The van der Waals surface area contributed by atoms with Crippen molar-refractivity contribution in [3.05, 3.63) is 23.5 Å². The zero-order valence-electron chi connectivity index (χ0n) is 14.1. The van der Waals surface area contributed by atoms with Gasteiger partial charge >= 0.3 is 6.03 Å². The van der Waals surface area contributed by atoms with Gasteiger partial charge in [0.05, 0.1) is 0 Å². The molecule has 0 spiro atoms. The zero-order chi connectivity index (χ0) is 16.4. The molecule has 2 fully saturated rings. The summed E-state index contributed by atoms with van der Waals surface area (Å²) in [5, 5.41) is 0. The Balaban J connectivity index is 1.56. The van der Waals surface area contributed by atoms with Crippen LogP contribution in [-0.2, 0) is 7.05 Å². The lowest BCUT2D eigenvalue weighted by Crippen LogP contribution is -2.54. The highest BCUT2D eigenvalue weighted by Crippen LogP contribution is 2.15. The molecule has 1 aromatic rings. The SMILES string of the molecule is Cc1ccc(C(=O)N2CCN(C(=O)N3CCCCC3)CC2)n1C. The Morgan fingerprint density at radius 3 is 1.96 bits per heavy atom. The van der Waals surface area contributed by atoms with Crippen LogP contribution < -0.4 is 0 Å². The summed E-state index contributed by atoms with van der Waals surface area (Å²) in [6.45, 7) is 6.23. The van der Waals surface area contributed by atoms with Gasteiger partial charge in [0.15, 0.2) is 0 Å². The molecule has 23 heavy (non-hydrogen) atoms. The lowest BCUT2D eigenvalue weighted by atomic mass is 10.1. The summed E-state index contributed by atoms with van der Waals surface area (Å²) in [7, 11) is 1.92. The predicted molar refractivity (Wildman–Crippen MR) is 88.4 cm³/mol. The van der Waals surface area contributed by atoms with Crippen LogP contribution in [0, 0.1) is 6.92 Å². The normalized spacial score (nSPS) is 19.1. The minimum Gasteiger partial charge on any atom is -0.344 e. The number of nitrogens with zero attached hydrogens (tertiary/aromatic N) is 4. The fraction of sp³-hybridized carbons (Fsp3) is 0.647. The van der Waals surface area contributed by atoms with Crippen molar-refractivity contribution in [2.75, 3.05) is 39.3 Å². The van der Waals surface area contributed by atoms with E-state index in [0.29, 0.717) is 26.2 Å². The van der Waals surface area contributed by atoms with Crippen molar-refractivity contribution in [3.63, 3.8) is 0 Å². The van der Waals surface area contributed by atoms with E-state index in [-0.39, 0.29) is 11.9 Å². The average molecular weight is 318 g/mol. The smallest absolute Gasteiger partial charge is 0.320 e. The van der Waals surface area contributed by atoms with Gasteiger partial charge in [-0.15, -0.1) is 0 Å². The molecule has 6 heteroatoms. The summed E-state index contributed by atoms with van der Waals surface area (Å²) in [5.41, 5.74) is 1.80. The first-order valence-corrected chi connectivity index (χ1v) is 8.53. The molecular formula is C17H26N4O2. The van der Waals surface area contributed by atoms with Crippen molar-refractivity contribution in [3.8, 4) is 0 Å². The van der Waals surface area contributed by atoms with Crippen LogP contribution in [-0.4, -0.2) is 70.5 Å². The summed E-state index contributed by atoms with van der Waals surface area (Å²) >= 11 is 0. The first-order chi connectivity index (χ1) is 11.1. The molecule has 0 saturated carbocycles. The first-order valence-electron chi connectivity index (χ1n) is 8.53. The van der Waals surface area contributed by atoms with E-state index in [0.717, 1.165) is 37.3 Å². The lowest BCUT2D eigenvalue weighted by Gasteiger charge is -2.38. The number of hydrogen-bond acceptors (Lipinski definition) is 2. The number of carbonyl (C=O) groups is 2. The minimum absolute atomic E-state index is 0.0608. The van der Waals surface area contributed by atoms with Gasteiger partial charge in [0.2, 0.25) is 0 Å². The van der Waals surface area contributed by atoms with Crippen LogP contribution in [0.4, 0.5) is 4.79 Å². The number of aryl methyl sites for hydroxylation is 1. The lowest BCUT2D eigenvalue weighted by molar-refractivity contribution is 0.0624. The molecule has 2 aliphatic heterocycles. The Morgan fingerprint density at radius 2 is 1.39 bits per heavy atom. The summed E-state index contributed by atoms with van der Waals surface area (Å²) in [4.78, 5) is 30.8. The Bertz CT molecular complexity index is 581. The number of urea groups is 1. The molecule has 1 aromatic heterocycles. The molecule has 126 valence electrons. The third-order valence-corrected chi connectivity index (χ3v) is 5.06. The van der Waals surface area contributed by atoms with E-state index < -0.39 is 0 Å². The van der Waals surface area contributed by atoms with Crippen molar-refractivity contribution < 1.29 is 9.59 Å². The Hall–Kier alpha value is -1.98. The van der Waals surface area contributed by atoms with E-state index in [2.05, 4.69) is 0 Å². The van der Waals surface area contributed by atoms with Crippen molar-refractivity contribution >= 4 is 11.9 Å². The fourth-order valence-electron chi connectivity index (χ4n) is 3.38. The van der Waals surface area contributed by atoms with Gasteiger partial charge in [-0.2, -0.15) is 0 Å². The van der Waals surface area contributed by atoms with Crippen LogP contribution in [0.15, 0.2) is 12.1 Å². The zero-order valence-corrected chi connectivity index (χ0v) is 14.1. The third-order valence-electron chi connectivity index (χ3n) is 5.06. The quantitative estimate of drug-likeness (QED) is 0.791. The summed E-state index contributed by atoms with van der Waals surface area (Å²) in [6, 6.07) is 3.98. The van der Waals surface area contributed by atoms with Crippen LogP contribution in [0.2, 0.25) is 0 Å². The van der Waals surface area contributed by atoms with E-state index in [1.807, 2.05) is 45.4 Å². The fourth-order valence-corrected chi connectivity index (χ4v) is 3.38. The van der Waals surface area contributed by atoms with Crippen molar-refractivity contribution in [2.24, 2.45) is 7.05 Å². The van der Waals surface area contributed by atoms with Gasteiger partial charge in [0, 0.05) is 52.0 Å². The van der Waals surface area contributed by atoms with Crippen LogP contribution in [0.1, 0.15) is 35.4 Å². The van der Waals surface area contributed by atoms with Gasteiger partial charge < -0.3 is 19.3 Å². The molecule has 0 atom stereocenters. The number of rotatable bonds is 1. The number of piperazine rings is 1. The van der Waals surface area contributed by atoms with Gasteiger partial charge in [-0.05, 0) is 38.3 Å². The van der Waals surface area contributed by atoms with E-state index >= 15 is 0 Å². The highest BCUT2D eigenvalue weighted by atomic mass is 16.2. The molecular weight excluding hydrogens is 292 g/mol. The van der Waals surface area contributed by atoms with E-state index in [1.165, 1.54) is 6.42 Å². The maximum atomic E-state index is 12.6. The molecule has 0 bridgehead atoms. The van der Waals surface area contributed by atoms with Crippen LogP contribution in [0.3, 0.4) is 0 Å². The number of carbonyl (C=O) groups excluding carboxylic acids is 2. The van der Waals surface area contributed by atoms with Crippen molar-refractivity contribution in [1.29, 1.82) is 0 Å². The molecule has 6 nitrogen and oxygen atoms in total. The summed E-state index contributed by atoms with van der Waals surface area (Å²) in [5.74, 6) is 0.0608. The standard InChI is InChI=1S/C17H26N4O2/c1-14-6-7-15(18(14)2)16(22)19-10-12-21(13-11-19)17(23)20-8-4-3-5-9-20/h6-7H,3-5,8-13H2,1-2H3. The minimum atomic E-state index is 0.0608. The number of aromatic nitrogens is 1. The molecule has 3 amide bonds. The Morgan fingerprint density at radius 1 is 0.826 bits per heavy atom. The Labute approximate surface area is 137 Å². The van der Waals surface area contributed by atoms with Gasteiger partial charge in [0.25, 0.3) is 5.91 Å². The van der Waals surface area contributed by atoms with E-state index in [4.69, 9.17) is 0 Å². The molecule has 0 N–H and O–H groups in total. The highest BCUT2D eigenvalue weighted by Gasteiger charge is 2.28. The molecule has 0 aromatic carbocycles. The molecule has 0 radical (unpaired) electrons. The van der Waals surface area contributed by atoms with Crippen LogP contribution in [0.5, 0.6) is 0 Å². The number of hydrogen-bond donors (Lipinski definition) is 0. The van der Waals surface area contributed by atoms with Crippen LogP contribution in [0.25, 0.3) is 0 Å². The molecule has 2 saturated heterocycles. The molecule has 3 heterocycles. The number of likely N-dealkylation sites (tertiary alicyclic amines) is 1. The van der Waals surface area contributed by atoms with E-state index in [9.17, 15) is 9.59 Å². The number of amides is 3. The second-order valence-corrected chi connectivity index (χ2v) is 6.53. The first kappa shape index (κ1) is 15.9. The summed E-state index contributed by atoms with van der Waals surface area (Å²) < 4.78 is 1.92. The second kappa shape index (κ2) is 6.64. The van der Waals surface area contributed by atoms with Gasteiger partial charge in [-0.1, -0.05) is 0 Å². The average Bonchev–Trinajstić information content (AvgIpc) is 2.94. The predicted octanol–water partition coefficient (Wildman–Crippen LogP) is 1.70. The van der Waals surface area contributed by atoms with E-state index in [1.54, 1.807) is 0 Å². The maximum absolute atomic E-state index is 12.6. The van der Waals surface area contributed by atoms with Crippen molar-refractivity contribution in [2.45, 2.75) is 26.2 Å². The second-order valence-electron chi connectivity index (χ2n) is 6.53. The van der Waals surface area contributed by atoms with Crippen LogP contribution >= 0.6 is 0 Å². The highest BCUT2D eigenvalue weighted by molar-refractivity contribution is 5.93. The molecule has 2 aliphatic rings. The maximum Gasteiger partial charge on any atom is 0.320 e. The van der Waals surface area contributed by atoms with Gasteiger partial charge in [-0.25, -0.2) is 4.79 Å². The van der Waals surface area contributed by atoms with Gasteiger partial charge in [0.1, 0.15) is 5.69 Å². The van der Waals surface area contributed by atoms with Gasteiger partial charge in [-0.3, -0.25) is 4.79 Å². The molecule has 0 unspecified atom stereocenters. The number of piperidine rings is 1. The topological polar surface area (TPSA) is 48.8 Å². The molecule has 0 aliphatic carbocycles. The van der Waals surface area contributed by atoms with Crippen molar-refractivity contribution in [1.82, 2.24) is 19.3 Å². The third kappa shape index (κ3) is 3.21. The summed E-state index contributed by atoms with van der Waals surface area (Å²) in [6.07, 6.45) is 3.44. The monoisotopic (exact) mass is 318 g/mol. The molecule has 3 rings (SSSR count). The Kier molecular flexibility index (Phi) is 4.59.